The van der Waals surface area contributed by atoms with Crippen LogP contribution in [0.1, 0.15) is 17.2 Å². The third kappa shape index (κ3) is 3.92. The third-order valence-electron chi connectivity index (χ3n) is 4.41. The van der Waals surface area contributed by atoms with E-state index in [2.05, 4.69) is 0 Å². The minimum Gasteiger partial charge on any atom is -0.507 e. The van der Waals surface area contributed by atoms with E-state index in [-0.39, 0.29) is 37.7 Å². The Morgan fingerprint density at radius 2 is 1.59 bits per heavy atom. The van der Waals surface area contributed by atoms with Crippen molar-refractivity contribution in [2.75, 3.05) is 26.4 Å². The van der Waals surface area contributed by atoms with Crippen molar-refractivity contribution in [1.82, 2.24) is 4.90 Å². The van der Waals surface area contributed by atoms with Crippen LogP contribution in [0.25, 0.3) is 5.76 Å². The van der Waals surface area contributed by atoms with Crippen LogP contribution in [0.4, 0.5) is 0 Å². The Morgan fingerprint density at radius 1 is 0.963 bits per heavy atom. The molecular formula is C21H21NO5. The molecule has 1 fully saturated rings. The van der Waals surface area contributed by atoms with E-state index in [1.54, 1.807) is 24.3 Å². The fourth-order valence-electron chi connectivity index (χ4n) is 3.17. The van der Waals surface area contributed by atoms with Gasteiger partial charge in [-0.2, -0.15) is 0 Å². The molecule has 1 heterocycles. The zero-order valence-electron chi connectivity index (χ0n) is 14.7. The zero-order chi connectivity index (χ0) is 19.2. The van der Waals surface area contributed by atoms with Gasteiger partial charge in [-0.05, 0) is 5.56 Å². The molecule has 2 aromatic rings. The monoisotopic (exact) mass is 367 g/mol. The molecule has 1 aliphatic heterocycles. The van der Waals surface area contributed by atoms with Crippen molar-refractivity contribution >= 4 is 17.4 Å². The molecule has 0 aromatic heterocycles. The first-order valence-corrected chi connectivity index (χ1v) is 8.72. The highest BCUT2D eigenvalue weighted by Crippen LogP contribution is 2.38. The lowest BCUT2D eigenvalue weighted by Gasteiger charge is -2.25. The number of likely N-dealkylation sites (tertiary alicyclic amines) is 1. The number of aliphatic hydroxyl groups excluding tert-OH is 2. The number of amides is 1. The molecule has 1 unspecified atom stereocenters. The summed E-state index contributed by atoms with van der Waals surface area (Å²) in [7, 11) is 0. The molecule has 0 aliphatic carbocycles. The van der Waals surface area contributed by atoms with Crippen LogP contribution in [0.2, 0.25) is 0 Å². The Bertz CT molecular complexity index is 832. The predicted octanol–water partition coefficient (Wildman–Crippen LogP) is 2.12. The van der Waals surface area contributed by atoms with Gasteiger partial charge in [0.25, 0.3) is 11.7 Å². The summed E-state index contributed by atoms with van der Waals surface area (Å²) in [6, 6.07) is 17.1. The number of benzene rings is 2. The number of hydrogen-bond donors (Lipinski definition) is 2. The molecule has 0 saturated carbocycles. The molecular weight excluding hydrogens is 346 g/mol. The Hall–Kier alpha value is -2.96. The molecule has 6 heteroatoms. The van der Waals surface area contributed by atoms with Crippen LogP contribution >= 0.6 is 0 Å². The van der Waals surface area contributed by atoms with Crippen LogP contribution < -0.4 is 0 Å². The molecule has 2 aromatic carbocycles. The summed E-state index contributed by atoms with van der Waals surface area (Å²) in [6.07, 6.45) is 0. The SMILES string of the molecule is O=C1C(=O)N(CCOCCO)C(c2ccccc2)/C1=C(/O)c1ccccc1. The second kappa shape index (κ2) is 8.62. The Morgan fingerprint density at radius 3 is 2.22 bits per heavy atom. The number of hydrogen-bond acceptors (Lipinski definition) is 5. The van der Waals surface area contributed by atoms with Crippen molar-refractivity contribution in [3.63, 3.8) is 0 Å². The molecule has 6 nitrogen and oxygen atoms in total. The minimum atomic E-state index is -0.715. The summed E-state index contributed by atoms with van der Waals surface area (Å²) in [5, 5.41) is 19.6. The number of aliphatic hydroxyl groups is 2. The smallest absolute Gasteiger partial charge is 0.295 e. The molecule has 1 atom stereocenters. The summed E-state index contributed by atoms with van der Waals surface area (Å²) in [5.74, 6) is -1.58. The van der Waals surface area contributed by atoms with Crippen molar-refractivity contribution in [1.29, 1.82) is 0 Å². The van der Waals surface area contributed by atoms with Gasteiger partial charge in [0.15, 0.2) is 0 Å². The standard InChI is InChI=1S/C21H21NO5/c23-12-14-27-13-11-22-18(15-7-3-1-4-8-15)17(20(25)21(22)26)19(24)16-9-5-2-6-10-16/h1-10,18,23-24H,11-14H2/b19-17-. The molecule has 140 valence electrons. The quantitative estimate of drug-likeness (QED) is 0.339. The number of carbonyl (C=O) groups excluding carboxylic acids is 2. The lowest BCUT2D eigenvalue weighted by atomic mass is 9.95. The molecule has 0 radical (unpaired) electrons. The number of Topliss-reactive ketones (excluding diaryl/α,β-unsaturated/α-hetero) is 1. The summed E-state index contributed by atoms with van der Waals surface area (Å²) < 4.78 is 5.26. The van der Waals surface area contributed by atoms with E-state index in [1.807, 2.05) is 36.4 Å². The fraction of sp³-hybridized carbons (Fsp3) is 0.238. The second-order valence-corrected chi connectivity index (χ2v) is 6.11. The summed E-state index contributed by atoms with van der Waals surface area (Å²) in [5.41, 5.74) is 1.28. The highest BCUT2D eigenvalue weighted by atomic mass is 16.5. The van der Waals surface area contributed by atoms with Crippen LogP contribution in [0.15, 0.2) is 66.2 Å². The van der Waals surface area contributed by atoms with Crippen molar-refractivity contribution in [3.05, 3.63) is 77.4 Å². The average molecular weight is 367 g/mol. The number of ether oxygens (including phenoxy) is 1. The maximum absolute atomic E-state index is 12.7. The maximum atomic E-state index is 12.7. The second-order valence-electron chi connectivity index (χ2n) is 6.11. The van der Waals surface area contributed by atoms with E-state index in [4.69, 9.17) is 9.84 Å². The van der Waals surface area contributed by atoms with Gasteiger partial charge in [0.1, 0.15) is 5.76 Å². The first-order valence-electron chi connectivity index (χ1n) is 8.72. The zero-order valence-corrected chi connectivity index (χ0v) is 14.7. The number of nitrogens with zero attached hydrogens (tertiary/aromatic N) is 1. The van der Waals surface area contributed by atoms with E-state index in [0.717, 1.165) is 5.56 Å². The van der Waals surface area contributed by atoms with Gasteiger partial charge in [0.2, 0.25) is 0 Å². The summed E-state index contributed by atoms with van der Waals surface area (Å²) in [4.78, 5) is 26.7. The lowest BCUT2D eigenvalue weighted by Crippen LogP contribution is -2.33. The average Bonchev–Trinajstić information content (AvgIpc) is 2.97. The third-order valence-corrected chi connectivity index (χ3v) is 4.41. The molecule has 27 heavy (non-hydrogen) atoms. The van der Waals surface area contributed by atoms with Crippen LogP contribution in [0.5, 0.6) is 0 Å². The predicted molar refractivity (Wildman–Crippen MR) is 99.8 cm³/mol. The van der Waals surface area contributed by atoms with Gasteiger partial charge in [-0.15, -0.1) is 0 Å². The lowest BCUT2D eigenvalue weighted by molar-refractivity contribution is -0.140. The van der Waals surface area contributed by atoms with Crippen LogP contribution in [0, 0.1) is 0 Å². The van der Waals surface area contributed by atoms with Gasteiger partial charge in [-0.3, -0.25) is 9.59 Å². The largest absolute Gasteiger partial charge is 0.507 e. The molecule has 1 aliphatic rings. The Labute approximate surface area is 157 Å². The molecule has 3 rings (SSSR count). The molecule has 1 saturated heterocycles. The first-order chi connectivity index (χ1) is 13.1. The Balaban J connectivity index is 2.03. The number of ketones is 1. The normalized spacial score (nSPS) is 18.9. The minimum absolute atomic E-state index is 0.0690. The van der Waals surface area contributed by atoms with Gasteiger partial charge in [0, 0.05) is 12.1 Å². The van der Waals surface area contributed by atoms with Crippen LogP contribution in [-0.4, -0.2) is 53.2 Å². The van der Waals surface area contributed by atoms with Gasteiger partial charge in [-0.1, -0.05) is 60.7 Å². The highest BCUT2D eigenvalue weighted by molar-refractivity contribution is 6.46. The van der Waals surface area contributed by atoms with Gasteiger partial charge >= 0.3 is 0 Å². The van der Waals surface area contributed by atoms with E-state index >= 15 is 0 Å². The van der Waals surface area contributed by atoms with Gasteiger partial charge in [-0.25, -0.2) is 0 Å². The van der Waals surface area contributed by atoms with Gasteiger partial charge in [0.05, 0.1) is 31.4 Å². The van der Waals surface area contributed by atoms with Crippen molar-refractivity contribution in [2.45, 2.75) is 6.04 Å². The Kier molecular flexibility index (Phi) is 6.01. The topological polar surface area (TPSA) is 87.1 Å². The van der Waals surface area contributed by atoms with Crippen molar-refractivity contribution in [3.8, 4) is 0 Å². The van der Waals surface area contributed by atoms with Crippen molar-refractivity contribution < 1.29 is 24.5 Å². The maximum Gasteiger partial charge on any atom is 0.295 e. The van der Waals surface area contributed by atoms with E-state index in [0.29, 0.717) is 5.56 Å². The summed E-state index contributed by atoms with van der Waals surface area (Å²) in [6.45, 7) is 0.400. The molecule has 0 spiro atoms. The number of carbonyl (C=O) groups is 2. The first kappa shape index (κ1) is 18.8. The van der Waals surface area contributed by atoms with E-state index < -0.39 is 17.7 Å². The highest BCUT2D eigenvalue weighted by Gasteiger charge is 2.45. The number of rotatable bonds is 7. The van der Waals surface area contributed by atoms with Crippen molar-refractivity contribution in [2.24, 2.45) is 0 Å². The molecule has 1 amide bonds. The van der Waals surface area contributed by atoms with Gasteiger partial charge < -0.3 is 19.8 Å². The van der Waals surface area contributed by atoms with Crippen LogP contribution in [-0.2, 0) is 14.3 Å². The molecule has 2 N–H and O–H groups in total. The molecule has 0 bridgehead atoms. The van der Waals surface area contributed by atoms with E-state index in [9.17, 15) is 14.7 Å². The van der Waals surface area contributed by atoms with Crippen LogP contribution in [0.3, 0.4) is 0 Å². The van der Waals surface area contributed by atoms with E-state index in [1.165, 1.54) is 4.90 Å². The fourth-order valence-corrected chi connectivity index (χ4v) is 3.17. The summed E-state index contributed by atoms with van der Waals surface area (Å²) >= 11 is 0.